The Labute approximate surface area is 214 Å². The van der Waals surface area contributed by atoms with E-state index in [1.54, 1.807) is 0 Å². The number of carbonyl (C=O) groups excluding carboxylic acids is 1. The highest BCUT2D eigenvalue weighted by molar-refractivity contribution is 7.80. The van der Waals surface area contributed by atoms with Crippen molar-refractivity contribution in [2.24, 2.45) is 11.8 Å². The second kappa shape index (κ2) is 12.0. The number of alkyl halides is 1. The Morgan fingerprint density at radius 2 is 1.57 bits per heavy atom. The molecule has 1 aliphatic rings. The standard InChI is InChI=1S/C30H32ClO3P/c1-21-20-27(32)25(17-11-19-31)22(2)29(21)34-30(33)26-16-9-10-18-28(26)35(23-12-5-3-6-13-23)24-14-7-4-8-15-24/h3-10,12-16,18,21,25,27,29,32H,2,11,17,19-20H2,1H3/t21-,25+,27-,29+/m0/s1. The molecule has 0 aliphatic heterocycles. The fourth-order valence-electron chi connectivity index (χ4n) is 4.96. The Morgan fingerprint density at radius 1 is 1.00 bits per heavy atom. The largest absolute Gasteiger partial charge is 0.454 e. The van der Waals surface area contributed by atoms with E-state index in [0.29, 0.717) is 17.9 Å². The normalized spacial score (nSPS) is 22.2. The lowest BCUT2D eigenvalue weighted by Crippen LogP contribution is -2.42. The zero-order valence-electron chi connectivity index (χ0n) is 20.0. The summed E-state index contributed by atoms with van der Waals surface area (Å²) in [5.74, 6) is 0.0756. The Hall–Kier alpha value is -2.45. The molecule has 4 atom stereocenters. The molecule has 0 amide bonds. The number of hydrogen-bond donors (Lipinski definition) is 1. The average molecular weight is 507 g/mol. The minimum atomic E-state index is -0.947. The van der Waals surface area contributed by atoms with Gasteiger partial charge in [0, 0.05) is 11.8 Å². The van der Waals surface area contributed by atoms with Gasteiger partial charge in [-0.3, -0.25) is 0 Å². The average Bonchev–Trinajstić information content (AvgIpc) is 2.88. The van der Waals surface area contributed by atoms with Crippen molar-refractivity contribution < 1.29 is 14.6 Å². The lowest BCUT2D eigenvalue weighted by Gasteiger charge is -2.39. The molecule has 182 valence electrons. The van der Waals surface area contributed by atoms with Gasteiger partial charge >= 0.3 is 5.97 Å². The van der Waals surface area contributed by atoms with E-state index >= 15 is 0 Å². The minimum Gasteiger partial charge on any atom is -0.454 e. The van der Waals surface area contributed by atoms with Crippen molar-refractivity contribution >= 4 is 41.4 Å². The molecule has 1 aliphatic carbocycles. The van der Waals surface area contributed by atoms with Crippen LogP contribution in [0, 0.1) is 11.8 Å². The monoisotopic (exact) mass is 506 g/mol. The van der Waals surface area contributed by atoms with Crippen LogP contribution in [0.4, 0.5) is 0 Å². The molecule has 0 unspecified atom stereocenters. The zero-order chi connectivity index (χ0) is 24.8. The molecule has 3 aromatic rings. The van der Waals surface area contributed by atoms with Crippen LogP contribution in [0.3, 0.4) is 0 Å². The Kier molecular flexibility index (Phi) is 8.78. The SMILES string of the molecule is C=C1[C@@H](CCCCl)[C@@H](O)C[C@H](C)[C@H]1OC(=O)c1ccccc1P(c1ccccc1)c1ccccc1. The fraction of sp³-hybridized carbons (Fsp3) is 0.300. The molecule has 5 heteroatoms. The molecule has 4 rings (SSSR count). The van der Waals surface area contributed by atoms with E-state index in [0.717, 1.165) is 23.7 Å². The van der Waals surface area contributed by atoms with Gasteiger partial charge in [0.05, 0.1) is 11.7 Å². The number of halogens is 1. The third-order valence-corrected chi connectivity index (χ3v) is 9.48. The van der Waals surface area contributed by atoms with Crippen molar-refractivity contribution in [3.05, 3.63) is 103 Å². The summed E-state index contributed by atoms with van der Waals surface area (Å²) in [7, 11) is -0.947. The van der Waals surface area contributed by atoms with Crippen molar-refractivity contribution in [1.82, 2.24) is 0 Å². The fourth-order valence-corrected chi connectivity index (χ4v) is 7.55. The second-order valence-electron chi connectivity index (χ2n) is 9.14. The third kappa shape index (κ3) is 5.86. The smallest absolute Gasteiger partial charge is 0.339 e. The second-order valence-corrected chi connectivity index (χ2v) is 11.7. The molecule has 1 N–H and O–H groups in total. The van der Waals surface area contributed by atoms with E-state index in [4.69, 9.17) is 16.3 Å². The molecule has 3 aromatic carbocycles. The van der Waals surface area contributed by atoms with E-state index in [-0.39, 0.29) is 17.8 Å². The molecule has 1 fully saturated rings. The van der Waals surface area contributed by atoms with Gasteiger partial charge in [-0.15, -0.1) is 11.6 Å². The first-order chi connectivity index (χ1) is 17.0. The molecular weight excluding hydrogens is 475 g/mol. The van der Waals surface area contributed by atoms with Crippen LogP contribution < -0.4 is 15.9 Å². The number of aliphatic hydroxyl groups excluding tert-OH is 1. The topological polar surface area (TPSA) is 46.5 Å². The summed E-state index contributed by atoms with van der Waals surface area (Å²) >= 11 is 5.90. The summed E-state index contributed by atoms with van der Waals surface area (Å²) in [5.41, 5.74) is 1.37. The van der Waals surface area contributed by atoms with E-state index < -0.39 is 20.1 Å². The molecule has 0 bridgehead atoms. The highest BCUT2D eigenvalue weighted by Crippen LogP contribution is 2.39. The van der Waals surface area contributed by atoms with Crippen LogP contribution >= 0.6 is 19.5 Å². The molecule has 35 heavy (non-hydrogen) atoms. The Morgan fingerprint density at radius 3 is 2.17 bits per heavy atom. The number of aliphatic hydroxyl groups is 1. The summed E-state index contributed by atoms with van der Waals surface area (Å²) in [6, 6.07) is 28.4. The molecule has 0 spiro atoms. The van der Waals surface area contributed by atoms with Crippen molar-refractivity contribution in [1.29, 1.82) is 0 Å². The summed E-state index contributed by atoms with van der Waals surface area (Å²) < 4.78 is 6.15. The number of hydrogen-bond acceptors (Lipinski definition) is 3. The highest BCUT2D eigenvalue weighted by atomic mass is 35.5. The molecule has 0 aromatic heterocycles. The van der Waals surface area contributed by atoms with E-state index in [9.17, 15) is 9.90 Å². The minimum absolute atomic E-state index is 0.00868. The number of benzene rings is 3. The Balaban J connectivity index is 1.66. The van der Waals surface area contributed by atoms with E-state index in [1.165, 1.54) is 10.6 Å². The molecular formula is C30H32ClO3P. The maximum absolute atomic E-state index is 13.7. The van der Waals surface area contributed by atoms with Crippen molar-refractivity contribution in [3.63, 3.8) is 0 Å². The van der Waals surface area contributed by atoms with Crippen molar-refractivity contribution in [2.75, 3.05) is 5.88 Å². The predicted octanol–water partition coefficient (Wildman–Crippen LogP) is 5.56. The first-order valence-corrected chi connectivity index (χ1v) is 14.0. The van der Waals surface area contributed by atoms with Gasteiger partial charge in [0.25, 0.3) is 0 Å². The number of esters is 1. The predicted molar refractivity (Wildman–Crippen MR) is 147 cm³/mol. The number of ether oxygens (including phenoxy) is 1. The lowest BCUT2D eigenvalue weighted by atomic mass is 9.73. The first-order valence-electron chi connectivity index (χ1n) is 12.1. The maximum Gasteiger partial charge on any atom is 0.339 e. The van der Waals surface area contributed by atoms with Crippen LogP contribution in [0.15, 0.2) is 97.1 Å². The van der Waals surface area contributed by atoms with E-state index in [1.807, 2.05) is 67.6 Å². The molecule has 0 radical (unpaired) electrons. The first kappa shape index (κ1) is 25.6. The van der Waals surface area contributed by atoms with Crippen molar-refractivity contribution in [3.8, 4) is 0 Å². The van der Waals surface area contributed by atoms with Crippen LogP contribution in [0.5, 0.6) is 0 Å². The van der Waals surface area contributed by atoms with Gasteiger partial charge in [0.15, 0.2) is 0 Å². The molecule has 1 saturated carbocycles. The van der Waals surface area contributed by atoms with Crippen molar-refractivity contribution in [2.45, 2.75) is 38.4 Å². The van der Waals surface area contributed by atoms with Gasteiger partial charge < -0.3 is 9.84 Å². The summed E-state index contributed by atoms with van der Waals surface area (Å²) in [6.07, 6.45) is 1.20. The lowest BCUT2D eigenvalue weighted by molar-refractivity contribution is -0.0129. The van der Waals surface area contributed by atoms with Gasteiger partial charge in [-0.05, 0) is 60.7 Å². The molecule has 0 heterocycles. The van der Waals surface area contributed by atoms with E-state index in [2.05, 4.69) is 30.8 Å². The summed E-state index contributed by atoms with van der Waals surface area (Å²) in [6.45, 7) is 6.26. The van der Waals surface area contributed by atoms with Crippen LogP contribution in [0.1, 0.15) is 36.5 Å². The van der Waals surface area contributed by atoms with Gasteiger partial charge in [-0.25, -0.2) is 4.79 Å². The van der Waals surface area contributed by atoms with Gasteiger partial charge in [-0.2, -0.15) is 0 Å². The van der Waals surface area contributed by atoms with Gasteiger partial charge in [0.2, 0.25) is 0 Å². The van der Waals surface area contributed by atoms with Gasteiger partial charge in [0.1, 0.15) is 6.10 Å². The number of rotatable bonds is 8. The zero-order valence-corrected chi connectivity index (χ0v) is 21.7. The van der Waals surface area contributed by atoms with Gasteiger partial charge in [-0.1, -0.05) is 92.4 Å². The third-order valence-electron chi connectivity index (χ3n) is 6.71. The van der Waals surface area contributed by atoms with Crippen LogP contribution in [0.2, 0.25) is 0 Å². The quantitative estimate of drug-likeness (QED) is 0.188. The maximum atomic E-state index is 13.7. The van der Waals surface area contributed by atoms with Crippen LogP contribution in [-0.2, 0) is 4.74 Å². The van der Waals surface area contributed by atoms with Crippen LogP contribution in [-0.4, -0.2) is 29.2 Å². The van der Waals surface area contributed by atoms with Crippen LogP contribution in [0.25, 0.3) is 0 Å². The summed E-state index contributed by atoms with van der Waals surface area (Å²) in [5, 5.41) is 14.0. The summed E-state index contributed by atoms with van der Waals surface area (Å²) in [4.78, 5) is 13.7. The highest BCUT2D eigenvalue weighted by Gasteiger charge is 2.39. The molecule has 0 saturated heterocycles. The molecule has 3 nitrogen and oxygen atoms in total. The number of carbonyl (C=O) groups is 1. The Bertz CT molecular complexity index is 1100.